The molecule has 0 saturated carbocycles. The van der Waals surface area contributed by atoms with Crippen molar-refractivity contribution in [2.75, 3.05) is 7.11 Å². The van der Waals surface area contributed by atoms with Gasteiger partial charge in [0.2, 0.25) is 5.91 Å². The maximum Gasteiger partial charge on any atom is 0.249 e. The summed E-state index contributed by atoms with van der Waals surface area (Å²) < 4.78 is 4.98. The van der Waals surface area contributed by atoms with Crippen LogP contribution in [0.25, 0.3) is 0 Å². The van der Waals surface area contributed by atoms with Gasteiger partial charge in [-0.25, -0.2) is 0 Å². The molecule has 3 unspecified atom stereocenters. The second kappa shape index (κ2) is 5.08. The molecule has 0 bridgehead atoms. The molecule has 2 N–H and O–H groups in total. The average molecular weight is 249 g/mol. The topological polar surface area (TPSA) is 58.6 Å². The number of hydrogen-bond acceptors (Lipinski definition) is 3. The van der Waals surface area contributed by atoms with Crippen LogP contribution in [0.4, 0.5) is 0 Å². The van der Waals surface area contributed by atoms with Gasteiger partial charge in [0.15, 0.2) is 0 Å². The Kier molecular flexibility index (Phi) is 3.68. The first-order valence-electron chi connectivity index (χ1n) is 6.13. The predicted octanol–water partition coefficient (Wildman–Crippen LogP) is 1.10. The minimum Gasteiger partial charge on any atom is -0.390 e. The van der Waals surface area contributed by atoms with Gasteiger partial charge in [-0.05, 0) is 25.0 Å². The first-order valence-corrected chi connectivity index (χ1v) is 6.13. The van der Waals surface area contributed by atoms with Crippen molar-refractivity contribution < 1.29 is 14.6 Å². The molecule has 0 fully saturated rings. The van der Waals surface area contributed by atoms with Crippen LogP contribution in [0.5, 0.6) is 0 Å². The second-order valence-corrected chi connectivity index (χ2v) is 4.84. The molecule has 3 atom stereocenters. The van der Waals surface area contributed by atoms with Crippen LogP contribution in [0, 0.1) is 6.92 Å². The van der Waals surface area contributed by atoms with Crippen LogP contribution in [0.15, 0.2) is 18.2 Å². The van der Waals surface area contributed by atoms with Crippen molar-refractivity contribution in [3.8, 4) is 0 Å². The summed E-state index contributed by atoms with van der Waals surface area (Å²) in [5, 5.41) is 12.9. The summed E-state index contributed by atoms with van der Waals surface area (Å²) in [7, 11) is 1.49. The smallest absolute Gasteiger partial charge is 0.249 e. The summed E-state index contributed by atoms with van der Waals surface area (Å²) in [4.78, 5) is 11.8. The molecule has 0 heterocycles. The van der Waals surface area contributed by atoms with Crippen molar-refractivity contribution in [1.82, 2.24) is 5.32 Å². The molecule has 1 aliphatic carbocycles. The number of nitrogens with one attached hydrogen (secondary N) is 1. The van der Waals surface area contributed by atoms with Crippen LogP contribution < -0.4 is 5.32 Å². The fourth-order valence-corrected chi connectivity index (χ4v) is 2.29. The van der Waals surface area contributed by atoms with E-state index in [1.807, 2.05) is 25.1 Å². The zero-order chi connectivity index (χ0) is 13.3. The molecule has 0 spiro atoms. The summed E-state index contributed by atoms with van der Waals surface area (Å²) in [6.45, 7) is 3.69. The maximum atomic E-state index is 11.8. The van der Waals surface area contributed by atoms with Gasteiger partial charge < -0.3 is 15.2 Å². The number of aryl methyl sites for hydroxylation is 1. The van der Waals surface area contributed by atoms with Gasteiger partial charge >= 0.3 is 0 Å². The van der Waals surface area contributed by atoms with Gasteiger partial charge in [-0.15, -0.1) is 0 Å². The first kappa shape index (κ1) is 13.1. The van der Waals surface area contributed by atoms with E-state index < -0.39 is 12.2 Å². The Bertz CT molecular complexity index is 458. The highest BCUT2D eigenvalue weighted by Gasteiger charge is 2.33. The summed E-state index contributed by atoms with van der Waals surface area (Å²) in [5.74, 6) is -0.198. The molecule has 18 heavy (non-hydrogen) atoms. The minimum absolute atomic E-state index is 0.198. The third kappa shape index (κ3) is 2.40. The number of methoxy groups -OCH3 is 1. The predicted molar refractivity (Wildman–Crippen MR) is 68.2 cm³/mol. The van der Waals surface area contributed by atoms with Crippen molar-refractivity contribution in [3.63, 3.8) is 0 Å². The Morgan fingerprint density at radius 1 is 1.56 bits per heavy atom. The zero-order valence-corrected chi connectivity index (χ0v) is 10.9. The van der Waals surface area contributed by atoms with Gasteiger partial charge in [0, 0.05) is 13.5 Å². The number of aliphatic hydroxyl groups excluding tert-OH is 1. The molecule has 98 valence electrons. The van der Waals surface area contributed by atoms with E-state index in [4.69, 9.17) is 4.74 Å². The average Bonchev–Trinajstić information content (AvgIpc) is 2.65. The summed E-state index contributed by atoms with van der Waals surface area (Å²) in [5.41, 5.74) is 3.24. The fourth-order valence-electron chi connectivity index (χ4n) is 2.29. The molecular weight excluding hydrogens is 230 g/mol. The molecule has 1 amide bonds. The molecule has 0 radical (unpaired) electrons. The third-order valence-corrected chi connectivity index (χ3v) is 3.47. The highest BCUT2D eigenvalue weighted by Crippen LogP contribution is 2.32. The van der Waals surface area contributed by atoms with E-state index in [9.17, 15) is 9.90 Å². The number of amides is 1. The molecule has 4 nitrogen and oxygen atoms in total. The second-order valence-electron chi connectivity index (χ2n) is 4.84. The van der Waals surface area contributed by atoms with E-state index in [0.29, 0.717) is 6.42 Å². The summed E-state index contributed by atoms with van der Waals surface area (Å²) in [6, 6.07) is 5.73. The molecule has 0 aromatic heterocycles. The SMILES string of the molecule is COC(C)C(=O)NC1c2cc(C)ccc2CC1O. The number of fused-ring (bicyclic) bond motifs is 1. The Balaban J connectivity index is 2.20. The highest BCUT2D eigenvalue weighted by atomic mass is 16.5. The van der Waals surface area contributed by atoms with E-state index in [1.54, 1.807) is 6.92 Å². The summed E-state index contributed by atoms with van der Waals surface area (Å²) in [6.07, 6.45) is -0.483. The Hall–Kier alpha value is -1.39. The standard InChI is InChI=1S/C14H19NO3/c1-8-4-5-10-7-12(16)13(11(10)6-8)15-14(17)9(2)18-3/h4-6,9,12-13,16H,7H2,1-3H3,(H,15,17). The minimum atomic E-state index is -0.560. The van der Waals surface area contributed by atoms with Gasteiger partial charge in [0.25, 0.3) is 0 Å². The van der Waals surface area contributed by atoms with Crippen LogP contribution in [-0.4, -0.2) is 30.3 Å². The Morgan fingerprint density at radius 3 is 2.94 bits per heavy atom. The van der Waals surface area contributed by atoms with Crippen LogP contribution in [0.2, 0.25) is 0 Å². The molecule has 0 saturated heterocycles. The van der Waals surface area contributed by atoms with Crippen LogP contribution in [-0.2, 0) is 16.0 Å². The van der Waals surface area contributed by atoms with Gasteiger partial charge in [-0.3, -0.25) is 4.79 Å². The molecule has 2 rings (SSSR count). The van der Waals surface area contributed by atoms with Crippen LogP contribution >= 0.6 is 0 Å². The Labute approximate surface area is 107 Å². The maximum absolute atomic E-state index is 11.8. The largest absolute Gasteiger partial charge is 0.390 e. The molecule has 1 aromatic rings. The lowest BCUT2D eigenvalue weighted by molar-refractivity contribution is -0.131. The van der Waals surface area contributed by atoms with E-state index in [0.717, 1.165) is 16.7 Å². The zero-order valence-electron chi connectivity index (χ0n) is 10.9. The molecule has 4 heteroatoms. The van der Waals surface area contributed by atoms with E-state index in [-0.39, 0.29) is 11.9 Å². The third-order valence-electron chi connectivity index (χ3n) is 3.47. The number of carbonyl (C=O) groups excluding carboxylic acids is 1. The Morgan fingerprint density at radius 2 is 2.28 bits per heavy atom. The highest BCUT2D eigenvalue weighted by molar-refractivity contribution is 5.81. The molecule has 1 aliphatic rings. The van der Waals surface area contributed by atoms with Gasteiger partial charge in [-0.2, -0.15) is 0 Å². The fraction of sp³-hybridized carbons (Fsp3) is 0.500. The van der Waals surface area contributed by atoms with Crippen molar-refractivity contribution in [2.24, 2.45) is 0 Å². The number of aliphatic hydroxyl groups is 1. The first-order chi connectivity index (χ1) is 8.52. The molecule has 1 aromatic carbocycles. The van der Waals surface area contributed by atoms with Crippen molar-refractivity contribution in [2.45, 2.75) is 38.5 Å². The lowest BCUT2D eigenvalue weighted by Crippen LogP contribution is -2.39. The van der Waals surface area contributed by atoms with Gasteiger partial charge in [-0.1, -0.05) is 23.8 Å². The van der Waals surface area contributed by atoms with Crippen molar-refractivity contribution in [3.05, 3.63) is 34.9 Å². The quantitative estimate of drug-likeness (QED) is 0.843. The lowest BCUT2D eigenvalue weighted by Gasteiger charge is -2.20. The van der Waals surface area contributed by atoms with E-state index in [1.165, 1.54) is 7.11 Å². The van der Waals surface area contributed by atoms with Gasteiger partial charge in [0.1, 0.15) is 6.10 Å². The number of hydrogen-bond donors (Lipinski definition) is 2. The number of carbonyl (C=O) groups is 1. The number of rotatable bonds is 3. The summed E-state index contributed by atoms with van der Waals surface area (Å²) >= 11 is 0. The van der Waals surface area contributed by atoms with Gasteiger partial charge in [0.05, 0.1) is 12.1 Å². The van der Waals surface area contributed by atoms with E-state index in [2.05, 4.69) is 5.32 Å². The lowest BCUT2D eigenvalue weighted by atomic mass is 10.0. The van der Waals surface area contributed by atoms with Crippen molar-refractivity contribution in [1.29, 1.82) is 0 Å². The van der Waals surface area contributed by atoms with Crippen LogP contribution in [0.3, 0.4) is 0 Å². The number of benzene rings is 1. The monoisotopic (exact) mass is 249 g/mol. The van der Waals surface area contributed by atoms with Crippen molar-refractivity contribution >= 4 is 5.91 Å². The number of ether oxygens (including phenoxy) is 1. The molecular formula is C14H19NO3. The molecule has 0 aliphatic heterocycles. The normalized spacial score (nSPS) is 23.6. The van der Waals surface area contributed by atoms with E-state index >= 15 is 0 Å². The van der Waals surface area contributed by atoms with Crippen LogP contribution in [0.1, 0.15) is 29.7 Å².